The monoisotopic (exact) mass is 144 g/mol. The number of hydrogen-bond donors (Lipinski definition) is 1. The predicted octanol–water partition coefficient (Wildman–Crippen LogP) is 2.04. The first kappa shape index (κ1) is 9.01. The lowest BCUT2D eigenvalue weighted by Gasteiger charge is -2.09. The molecule has 0 heterocycles. The van der Waals surface area contributed by atoms with Gasteiger partial charge < -0.3 is 9.84 Å². The summed E-state index contributed by atoms with van der Waals surface area (Å²) in [6, 6.07) is 0. The number of rotatable bonds is 2. The molecule has 0 aromatic rings. The Balaban J connectivity index is 3.85. The van der Waals surface area contributed by atoms with Crippen molar-refractivity contribution in [2.24, 2.45) is 0 Å². The van der Waals surface area contributed by atoms with Gasteiger partial charge in [-0.2, -0.15) is 0 Å². The molecule has 0 aliphatic heterocycles. The zero-order valence-corrected chi connectivity index (χ0v) is 6.42. The maximum absolute atomic E-state index is 9.98. The van der Waals surface area contributed by atoms with Gasteiger partial charge in [-0.3, -0.25) is 0 Å². The fraction of sp³-hybridized carbons (Fsp3) is 0.571. The maximum Gasteiger partial charge on any atom is 0.506 e. The smallest absolute Gasteiger partial charge is 0.450 e. The van der Waals surface area contributed by atoms with Gasteiger partial charge in [-0.1, -0.05) is 6.08 Å². The van der Waals surface area contributed by atoms with E-state index in [1.807, 2.05) is 19.9 Å². The molecule has 0 fully saturated rings. The Morgan fingerprint density at radius 1 is 1.70 bits per heavy atom. The summed E-state index contributed by atoms with van der Waals surface area (Å²) in [6.07, 6.45) is 0.268. The third-order valence-corrected chi connectivity index (χ3v) is 1.37. The first-order chi connectivity index (χ1) is 4.57. The number of hydrogen-bond acceptors (Lipinski definition) is 2. The zero-order valence-electron chi connectivity index (χ0n) is 6.42. The van der Waals surface area contributed by atoms with Gasteiger partial charge in [-0.15, -0.1) is 0 Å². The summed E-state index contributed by atoms with van der Waals surface area (Å²) >= 11 is 0. The Hall–Kier alpha value is -0.990. The highest BCUT2D eigenvalue weighted by atomic mass is 16.7. The second kappa shape index (κ2) is 3.93. The first-order valence-corrected chi connectivity index (χ1v) is 3.10. The van der Waals surface area contributed by atoms with Crippen molar-refractivity contribution in [3.63, 3.8) is 0 Å². The van der Waals surface area contributed by atoms with E-state index in [0.717, 1.165) is 5.57 Å². The normalized spacial score (nSPS) is 14.5. The Bertz CT molecular complexity index is 149. The van der Waals surface area contributed by atoms with Crippen molar-refractivity contribution in [3.05, 3.63) is 11.6 Å². The molecular weight excluding hydrogens is 132 g/mol. The van der Waals surface area contributed by atoms with Crippen LogP contribution in [0.15, 0.2) is 11.6 Å². The molecular formula is C7H12O3. The van der Waals surface area contributed by atoms with Gasteiger partial charge in [0.2, 0.25) is 0 Å². The lowest BCUT2D eigenvalue weighted by Crippen LogP contribution is -2.13. The highest BCUT2D eigenvalue weighted by Crippen LogP contribution is 2.04. The number of carbonyl (C=O) groups is 1. The fourth-order valence-corrected chi connectivity index (χ4v) is 0.479. The Morgan fingerprint density at radius 3 is 2.50 bits per heavy atom. The van der Waals surface area contributed by atoms with Gasteiger partial charge >= 0.3 is 6.16 Å². The van der Waals surface area contributed by atoms with Gasteiger partial charge in [0.25, 0.3) is 0 Å². The predicted molar refractivity (Wildman–Crippen MR) is 38.0 cm³/mol. The maximum atomic E-state index is 9.98. The molecule has 0 rings (SSSR count). The molecule has 0 aromatic carbocycles. The van der Waals surface area contributed by atoms with Gasteiger partial charge in [0.05, 0.1) is 0 Å². The summed E-state index contributed by atoms with van der Waals surface area (Å²) < 4.78 is 4.45. The Labute approximate surface area is 60.3 Å². The molecule has 3 nitrogen and oxygen atoms in total. The van der Waals surface area contributed by atoms with E-state index < -0.39 is 6.16 Å². The Morgan fingerprint density at radius 2 is 2.20 bits per heavy atom. The van der Waals surface area contributed by atoms with Crippen molar-refractivity contribution in [2.45, 2.75) is 26.9 Å². The van der Waals surface area contributed by atoms with Crippen LogP contribution in [-0.4, -0.2) is 17.4 Å². The summed E-state index contributed by atoms with van der Waals surface area (Å²) in [7, 11) is 0. The van der Waals surface area contributed by atoms with Gasteiger partial charge in [-0.25, -0.2) is 4.79 Å². The second-order valence-corrected chi connectivity index (χ2v) is 2.06. The van der Waals surface area contributed by atoms with Crippen LogP contribution in [0.3, 0.4) is 0 Å². The lowest BCUT2D eigenvalue weighted by atomic mass is 10.2. The highest BCUT2D eigenvalue weighted by Gasteiger charge is 2.07. The van der Waals surface area contributed by atoms with E-state index in [9.17, 15) is 4.79 Å². The molecule has 0 aliphatic carbocycles. The van der Waals surface area contributed by atoms with E-state index in [1.165, 1.54) is 0 Å². The molecule has 0 saturated carbocycles. The average Bonchev–Trinajstić information content (AvgIpc) is 1.85. The van der Waals surface area contributed by atoms with Crippen LogP contribution in [0, 0.1) is 0 Å². The van der Waals surface area contributed by atoms with Crippen molar-refractivity contribution in [2.75, 3.05) is 0 Å². The van der Waals surface area contributed by atoms with E-state index in [4.69, 9.17) is 5.11 Å². The number of carboxylic acid groups (broad SMARTS) is 1. The van der Waals surface area contributed by atoms with Gasteiger partial charge in [0.15, 0.2) is 0 Å². The molecule has 58 valence electrons. The Kier molecular flexibility index (Phi) is 3.54. The van der Waals surface area contributed by atoms with Crippen LogP contribution in [-0.2, 0) is 4.74 Å². The molecule has 0 bridgehead atoms. The minimum atomic E-state index is -1.23. The minimum Gasteiger partial charge on any atom is -0.450 e. The van der Waals surface area contributed by atoms with Gasteiger partial charge in [0, 0.05) is 0 Å². The van der Waals surface area contributed by atoms with E-state index in [-0.39, 0.29) is 6.10 Å². The molecule has 1 N–H and O–H groups in total. The number of allylic oxidation sites excluding steroid dienone is 1. The summed E-state index contributed by atoms with van der Waals surface area (Å²) in [4.78, 5) is 9.98. The SMILES string of the molecule is CC=C(C)C(C)OC(=O)O. The van der Waals surface area contributed by atoms with Crippen molar-refractivity contribution in [1.29, 1.82) is 0 Å². The number of ether oxygens (including phenoxy) is 1. The zero-order chi connectivity index (χ0) is 8.15. The molecule has 0 saturated heterocycles. The van der Waals surface area contributed by atoms with Crippen LogP contribution in [0.4, 0.5) is 4.79 Å². The summed E-state index contributed by atoms with van der Waals surface area (Å²) in [5.74, 6) is 0. The van der Waals surface area contributed by atoms with E-state index >= 15 is 0 Å². The van der Waals surface area contributed by atoms with E-state index in [1.54, 1.807) is 6.92 Å². The van der Waals surface area contributed by atoms with E-state index in [0.29, 0.717) is 0 Å². The van der Waals surface area contributed by atoms with Crippen LogP contribution >= 0.6 is 0 Å². The molecule has 0 aromatic heterocycles. The highest BCUT2D eigenvalue weighted by molar-refractivity contribution is 5.57. The van der Waals surface area contributed by atoms with E-state index in [2.05, 4.69) is 4.74 Å². The fourth-order valence-electron chi connectivity index (χ4n) is 0.479. The van der Waals surface area contributed by atoms with Crippen LogP contribution in [0.1, 0.15) is 20.8 Å². The molecule has 3 heteroatoms. The van der Waals surface area contributed by atoms with Gasteiger partial charge in [-0.05, 0) is 26.3 Å². The quantitative estimate of drug-likeness (QED) is 0.476. The third kappa shape index (κ3) is 3.12. The van der Waals surface area contributed by atoms with Gasteiger partial charge in [0.1, 0.15) is 6.10 Å². The van der Waals surface area contributed by atoms with Crippen LogP contribution < -0.4 is 0 Å². The first-order valence-electron chi connectivity index (χ1n) is 3.10. The summed E-state index contributed by atoms with van der Waals surface area (Å²) in [5, 5.41) is 8.18. The molecule has 0 radical (unpaired) electrons. The molecule has 0 aliphatic rings. The molecule has 1 atom stereocenters. The topological polar surface area (TPSA) is 46.5 Å². The third-order valence-electron chi connectivity index (χ3n) is 1.37. The van der Waals surface area contributed by atoms with Crippen molar-refractivity contribution < 1.29 is 14.6 Å². The summed E-state index contributed by atoms with van der Waals surface area (Å²) in [5.41, 5.74) is 0.919. The van der Waals surface area contributed by atoms with Crippen molar-refractivity contribution >= 4 is 6.16 Å². The molecule has 10 heavy (non-hydrogen) atoms. The van der Waals surface area contributed by atoms with Crippen molar-refractivity contribution in [1.82, 2.24) is 0 Å². The standard InChI is InChI=1S/C7H12O3/c1-4-5(2)6(3)10-7(8)9/h4,6H,1-3H3,(H,8,9). The molecule has 0 spiro atoms. The minimum absolute atomic E-state index is 0.331. The molecule has 1 unspecified atom stereocenters. The second-order valence-electron chi connectivity index (χ2n) is 2.06. The van der Waals surface area contributed by atoms with Crippen LogP contribution in [0.25, 0.3) is 0 Å². The van der Waals surface area contributed by atoms with Crippen molar-refractivity contribution in [3.8, 4) is 0 Å². The lowest BCUT2D eigenvalue weighted by molar-refractivity contribution is 0.0714. The summed E-state index contributed by atoms with van der Waals surface area (Å²) in [6.45, 7) is 5.37. The largest absolute Gasteiger partial charge is 0.506 e. The van der Waals surface area contributed by atoms with Crippen LogP contribution in [0.2, 0.25) is 0 Å². The van der Waals surface area contributed by atoms with Crippen LogP contribution in [0.5, 0.6) is 0 Å². The molecule has 0 amide bonds. The average molecular weight is 144 g/mol.